The summed E-state index contributed by atoms with van der Waals surface area (Å²) >= 11 is 0. The number of hydrogen-bond acceptors (Lipinski definition) is 1. The van der Waals surface area contributed by atoms with Gasteiger partial charge in [-0.2, -0.15) is 0 Å². The molecule has 1 rings (SSSR count). The standard InChI is InChI=1S/C9H15N/c1-7-4-5-10-9(3)8(2)6-7/h6,10H,4-5H2,1-3H3. The predicted molar refractivity (Wildman–Crippen MR) is 44.8 cm³/mol. The minimum atomic E-state index is 1.09. The van der Waals surface area contributed by atoms with Crippen molar-refractivity contribution < 1.29 is 0 Å². The van der Waals surface area contributed by atoms with Crippen LogP contribution in [0.3, 0.4) is 0 Å². The van der Waals surface area contributed by atoms with Gasteiger partial charge in [-0.1, -0.05) is 11.6 Å². The van der Waals surface area contributed by atoms with E-state index in [1.54, 1.807) is 0 Å². The van der Waals surface area contributed by atoms with Crippen LogP contribution in [0.5, 0.6) is 0 Å². The zero-order chi connectivity index (χ0) is 7.56. The molecule has 1 aliphatic rings. The molecule has 0 bridgehead atoms. The van der Waals surface area contributed by atoms with E-state index < -0.39 is 0 Å². The van der Waals surface area contributed by atoms with Gasteiger partial charge in [-0.05, 0) is 32.8 Å². The number of hydrogen-bond donors (Lipinski definition) is 1. The third kappa shape index (κ3) is 1.63. The quantitative estimate of drug-likeness (QED) is 0.540. The van der Waals surface area contributed by atoms with Crippen molar-refractivity contribution in [1.82, 2.24) is 5.32 Å². The minimum Gasteiger partial charge on any atom is -0.388 e. The molecule has 0 saturated heterocycles. The van der Waals surface area contributed by atoms with Gasteiger partial charge < -0.3 is 5.32 Å². The molecular weight excluding hydrogens is 122 g/mol. The van der Waals surface area contributed by atoms with Crippen LogP contribution in [-0.4, -0.2) is 6.54 Å². The van der Waals surface area contributed by atoms with Crippen molar-refractivity contribution in [2.75, 3.05) is 6.54 Å². The van der Waals surface area contributed by atoms with E-state index in [4.69, 9.17) is 0 Å². The van der Waals surface area contributed by atoms with Crippen molar-refractivity contribution in [1.29, 1.82) is 0 Å². The Balaban J connectivity index is 2.82. The highest BCUT2D eigenvalue weighted by Gasteiger charge is 1.99. The first-order valence-corrected chi connectivity index (χ1v) is 3.78. The summed E-state index contributed by atoms with van der Waals surface area (Å²) in [6.07, 6.45) is 3.43. The van der Waals surface area contributed by atoms with Gasteiger partial charge in [0.2, 0.25) is 0 Å². The third-order valence-corrected chi connectivity index (χ3v) is 1.96. The van der Waals surface area contributed by atoms with E-state index in [0.717, 1.165) is 6.54 Å². The number of nitrogens with one attached hydrogen (secondary N) is 1. The smallest absolute Gasteiger partial charge is 0.0181 e. The van der Waals surface area contributed by atoms with Crippen LogP contribution in [0.2, 0.25) is 0 Å². The molecule has 0 unspecified atom stereocenters. The van der Waals surface area contributed by atoms with E-state index in [9.17, 15) is 0 Å². The maximum atomic E-state index is 3.35. The zero-order valence-corrected chi connectivity index (χ0v) is 6.99. The minimum absolute atomic E-state index is 1.09. The van der Waals surface area contributed by atoms with E-state index >= 15 is 0 Å². The molecule has 1 heterocycles. The van der Waals surface area contributed by atoms with Crippen LogP contribution >= 0.6 is 0 Å². The van der Waals surface area contributed by atoms with Gasteiger partial charge in [-0.15, -0.1) is 0 Å². The molecular formula is C9H15N. The highest BCUT2D eigenvalue weighted by Crippen LogP contribution is 2.11. The molecule has 0 radical (unpaired) electrons. The average Bonchev–Trinajstić information content (AvgIpc) is 1.96. The largest absolute Gasteiger partial charge is 0.388 e. The van der Waals surface area contributed by atoms with Crippen molar-refractivity contribution in [3.8, 4) is 0 Å². The lowest BCUT2D eigenvalue weighted by Gasteiger charge is -2.02. The first-order chi connectivity index (χ1) is 4.70. The van der Waals surface area contributed by atoms with Gasteiger partial charge >= 0.3 is 0 Å². The third-order valence-electron chi connectivity index (χ3n) is 1.96. The van der Waals surface area contributed by atoms with E-state index in [1.165, 1.54) is 23.3 Å². The maximum Gasteiger partial charge on any atom is 0.0181 e. The zero-order valence-electron chi connectivity index (χ0n) is 6.99. The molecule has 0 aromatic carbocycles. The van der Waals surface area contributed by atoms with Gasteiger partial charge in [0.15, 0.2) is 0 Å². The second kappa shape index (κ2) is 2.91. The van der Waals surface area contributed by atoms with Crippen LogP contribution in [0.1, 0.15) is 27.2 Å². The molecule has 0 amide bonds. The lowest BCUT2D eigenvalue weighted by atomic mass is 10.1. The second-order valence-corrected chi connectivity index (χ2v) is 2.98. The summed E-state index contributed by atoms with van der Waals surface area (Å²) in [6, 6.07) is 0. The summed E-state index contributed by atoms with van der Waals surface area (Å²) < 4.78 is 0. The highest BCUT2D eigenvalue weighted by molar-refractivity contribution is 5.26. The monoisotopic (exact) mass is 137 g/mol. The van der Waals surface area contributed by atoms with Crippen LogP contribution in [0.15, 0.2) is 22.9 Å². The lowest BCUT2D eigenvalue weighted by Crippen LogP contribution is -2.11. The first-order valence-electron chi connectivity index (χ1n) is 3.78. The molecule has 0 spiro atoms. The summed E-state index contributed by atoms with van der Waals surface area (Å²) in [4.78, 5) is 0. The van der Waals surface area contributed by atoms with E-state index in [-0.39, 0.29) is 0 Å². The maximum absolute atomic E-state index is 3.35. The van der Waals surface area contributed by atoms with Crippen LogP contribution in [0.25, 0.3) is 0 Å². The van der Waals surface area contributed by atoms with Crippen molar-refractivity contribution in [3.63, 3.8) is 0 Å². The van der Waals surface area contributed by atoms with Crippen molar-refractivity contribution >= 4 is 0 Å². The highest BCUT2D eigenvalue weighted by atomic mass is 14.9. The fourth-order valence-electron chi connectivity index (χ4n) is 1.14. The topological polar surface area (TPSA) is 12.0 Å². The van der Waals surface area contributed by atoms with E-state index in [2.05, 4.69) is 32.2 Å². The second-order valence-electron chi connectivity index (χ2n) is 2.98. The van der Waals surface area contributed by atoms with Gasteiger partial charge in [0.25, 0.3) is 0 Å². The molecule has 1 nitrogen and oxygen atoms in total. The predicted octanol–water partition coefficient (Wildman–Crippen LogP) is 2.22. The Labute approximate surface area is 62.8 Å². The summed E-state index contributed by atoms with van der Waals surface area (Å²) in [7, 11) is 0. The van der Waals surface area contributed by atoms with Crippen LogP contribution < -0.4 is 5.32 Å². The average molecular weight is 137 g/mol. The molecule has 10 heavy (non-hydrogen) atoms. The Morgan fingerprint density at radius 3 is 2.70 bits per heavy atom. The molecule has 0 fully saturated rings. The fourth-order valence-corrected chi connectivity index (χ4v) is 1.14. The van der Waals surface area contributed by atoms with Crippen LogP contribution in [0, 0.1) is 0 Å². The van der Waals surface area contributed by atoms with Gasteiger partial charge in [0.1, 0.15) is 0 Å². The van der Waals surface area contributed by atoms with Crippen LogP contribution in [-0.2, 0) is 0 Å². The molecule has 1 aliphatic heterocycles. The summed E-state index contributed by atoms with van der Waals surface area (Å²) in [5.41, 5.74) is 4.16. The Morgan fingerprint density at radius 2 is 2.00 bits per heavy atom. The normalized spacial score (nSPS) is 19.7. The summed E-state index contributed by atoms with van der Waals surface area (Å²) in [6.45, 7) is 7.55. The molecule has 1 heteroatoms. The molecule has 0 atom stereocenters. The van der Waals surface area contributed by atoms with Crippen molar-refractivity contribution in [2.24, 2.45) is 0 Å². The first kappa shape index (κ1) is 7.39. The molecule has 0 aromatic rings. The number of allylic oxidation sites excluding steroid dienone is 3. The van der Waals surface area contributed by atoms with Crippen molar-refractivity contribution in [3.05, 3.63) is 22.9 Å². The summed E-state index contributed by atoms with van der Waals surface area (Å²) in [5, 5.41) is 3.35. The SMILES string of the molecule is CC1=CC(C)=C(C)NCC1. The Hall–Kier alpha value is -0.720. The van der Waals surface area contributed by atoms with E-state index in [1.807, 2.05) is 0 Å². The molecule has 0 aliphatic carbocycles. The van der Waals surface area contributed by atoms with Gasteiger partial charge in [0, 0.05) is 12.2 Å². The van der Waals surface area contributed by atoms with Crippen LogP contribution in [0.4, 0.5) is 0 Å². The summed E-state index contributed by atoms with van der Waals surface area (Å²) in [5.74, 6) is 0. The molecule has 0 saturated carbocycles. The molecule has 56 valence electrons. The molecule has 1 N–H and O–H groups in total. The number of rotatable bonds is 0. The molecule has 0 aromatic heterocycles. The van der Waals surface area contributed by atoms with Gasteiger partial charge in [-0.3, -0.25) is 0 Å². The lowest BCUT2D eigenvalue weighted by molar-refractivity contribution is 0.789. The Bertz CT molecular complexity index is 187. The fraction of sp³-hybridized carbons (Fsp3) is 0.556. The Kier molecular flexibility index (Phi) is 2.15. The van der Waals surface area contributed by atoms with Crippen molar-refractivity contribution in [2.45, 2.75) is 27.2 Å². The van der Waals surface area contributed by atoms with Gasteiger partial charge in [0.05, 0.1) is 0 Å². The Morgan fingerprint density at radius 1 is 1.30 bits per heavy atom. The van der Waals surface area contributed by atoms with Gasteiger partial charge in [-0.25, -0.2) is 0 Å². The van der Waals surface area contributed by atoms with E-state index in [0.29, 0.717) is 0 Å².